The smallest absolute Gasteiger partial charge is 0.223 e. The summed E-state index contributed by atoms with van der Waals surface area (Å²) in [5.41, 5.74) is 5.67. The summed E-state index contributed by atoms with van der Waals surface area (Å²) >= 11 is 0. The summed E-state index contributed by atoms with van der Waals surface area (Å²) in [4.78, 5) is 10.2. The molecule has 7 heteroatoms. The van der Waals surface area contributed by atoms with Crippen LogP contribution in [-0.2, 0) is 4.74 Å². The number of nitrogens with one attached hydrogen (secondary N) is 1. The van der Waals surface area contributed by atoms with Gasteiger partial charge in [0.1, 0.15) is 11.6 Å². The SMILES string of the molecule is CCNc1cc(N(CCO)CCOC)nc(N)n1. The second-order valence-corrected chi connectivity index (χ2v) is 3.70. The molecule has 1 heterocycles. The topological polar surface area (TPSA) is 96.5 Å². The molecule has 0 radical (unpaired) electrons. The molecule has 0 saturated carbocycles. The lowest BCUT2D eigenvalue weighted by Crippen LogP contribution is -2.31. The maximum atomic E-state index is 9.07. The van der Waals surface area contributed by atoms with E-state index in [1.54, 1.807) is 7.11 Å². The van der Waals surface area contributed by atoms with Gasteiger partial charge < -0.3 is 25.8 Å². The molecular formula is C11H21N5O2. The molecule has 0 aliphatic heterocycles. The summed E-state index contributed by atoms with van der Waals surface area (Å²) < 4.78 is 5.03. The predicted molar refractivity (Wildman–Crippen MR) is 71.8 cm³/mol. The first-order valence-corrected chi connectivity index (χ1v) is 5.94. The molecule has 0 aromatic carbocycles. The van der Waals surface area contributed by atoms with Crippen molar-refractivity contribution in [1.29, 1.82) is 0 Å². The molecule has 1 rings (SSSR count). The molecule has 4 N–H and O–H groups in total. The first-order valence-electron chi connectivity index (χ1n) is 5.94. The van der Waals surface area contributed by atoms with Crippen molar-refractivity contribution in [1.82, 2.24) is 9.97 Å². The minimum Gasteiger partial charge on any atom is -0.395 e. The highest BCUT2D eigenvalue weighted by Gasteiger charge is 2.10. The molecule has 0 unspecified atom stereocenters. The Labute approximate surface area is 107 Å². The fraction of sp³-hybridized carbons (Fsp3) is 0.636. The molecule has 0 aliphatic rings. The second kappa shape index (κ2) is 7.67. The highest BCUT2D eigenvalue weighted by Crippen LogP contribution is 2.16. The normalized spacial score (nSPS) is 10.4. The van der Waals surface area contributed by atoms with Crippen LogP contribution >= 0.6 is 0 Å². The molecule has 0 bridgehead atoms. The zero-order chi connectivity index (χ0) is 13.4. The highest BCUT2D eigenvalue weighted by atomic mass is 16.5. The van der Waals surface area contributed by atoms with E-state index in [0.29, 0.717) is 31.3 Å². The van der Waals surface area contributed by atoms with Crippen LogP contribution in [0.1, 0.15) is 6.92 Å². The van der Waals surface area contributed by atoms with E-state index in [-0.39, 0.29) is 12.6 Å². The average Bonchev–Trinajstić information content (AvgIpc) is 2.34. The standard InChI is InChI=1S/C11H21N5O2/c1-3-13-9-8-10(15-11(12)14-9)16(4-6-17)5-7-18-2/h8,17H,3-7H2,1-2H3,(H3,12,13,14,15). The van der Waals surface area contributed by atoms with Crippen LogP contribution in [0.4, 0.5) is 17.6 Å². The number of nitrogens with two attached hydrogens (primary N) is 1. The minimum atomic E-state index is 0.0458. The van der Waals surface area contributed by atoms with Gasteiger partial charge in [0.05, 0.1) is 13.2 Å². The lowest BCUT2D eigenvalue weighted by molar-refractivity contribution is 0.202. The molecule has 7 nitrogen and oxygen atoms in total. The van der Waals surface area contributed by atoms with Crippen molar-refractivity contribution in [3.05, 3.63) is 6.07 Å². The van der Waals surface area contributed by atoms with Crippen molar-refractivity contribution in [2.75, 3.05) is 55.9 Å². The number of hydrogen-bond donors (Lipinski definition) is 3. The van der Waals surface area contributed by atoms with E-state index in [1.165, 1.54) is 0 Å². The zero-order valence-corrected chi connectivity index (χ0v) is 10.9. The Hall–Kier alpha value is -1.60. The van der Waals surface area contributed by atoms with E-state index < -0.39 is 0 Å². The van der Waals surface area contributed by atoms with Gasteiger partial charge in [0.2, 0.25) is 5.95 Å². The minimum absolute atomic E-state index is 0.0458. The van der Waals surface area contributed by atoms with Gasteiger partial charge in [0.25, 0.3) is 0 Å². The predicted octanol–water partition coefficient (Wildman–Crippen LogP) is -0.0643. The van der Waals surface area contributed by atoms with Crippen LogP contribution in [0.25, 0.3) is 0 Å². The lowest BCUT2D eigenvalue weighted by Gasteiger charge is -2.23. The Balaban J connectivity index is 2.87. The van der Waals surface area contributed by atoms with Gasteiger partial charge in [-0.15, -0.1) is 0 Å². The van der Waals surface area contributed by atoms with Crippen molar-refractivity contribution in [3.63, 3.8) is 0 Å². The van der Waals surface area contributed by atoms with Crippen LogP contribution in [0.15, 0.2) is 6.07 Å². The van der Waals surface area contributed by atoms with E-state index in [9.17, 15) is 0 Å². The van der Waals surface area contributed by atoms with E-state index in [2.05, 4.69) is 15.3 Å². The number of rotatable bonds is 8. The van der Waals surface area contributed by atoms with Gasteiger partial charge in [-0.05, 0) is 6.92 Å². The number of ether oxygens (including phenoxy) is 1. The molecule has 1 aromatic rings. The Bertz CT molecular complexity index is 361. The van der Waals surface area contributed by atoms with Crippen LogP contribution in [0, 0.1) is 0 Å². The molecule has 102 valence electrons. The zero-order valence-electron chi connectivity index (χ0n) is 10.9. The second-order valence-electron chi connectivity index (χ2n) is 3.70. The molecule has 0 saturated heterocycles. The van der Waals surface area contributed by atoms with Gasteiger partial charge in [-0.1, -0.05) is 0 Å². The summed E-state index contributed by atoms with van der Waals surface area (Å²) in [6.07, 6.45) is 0. The number of aliphatic hydroxyl groups excluding tert-OH is 1. The molecule has 0 fully saturated rings. The van der Waals surface area contributed by atoms with Crippen molar-refractivity contribution < 1.29 is 9.84 Å². The number of nitrogen functional groups attached to an aromatic ring is 1. The van der Waals surface area contributed by atoms with Crippen molar-refractivity contribution in [2.24, 2.45) is 0 Å². The highest BCUT2D eigenvalue weighted by molar-refractivity contribution is 5.52. The van der Waals surface area contributed by atoms with Crippen LogP contribution in [0.3, 0.4) is 0 Å². The summed E-state index contributed by atoms with van der Waals surface area (Å²) in [7, 11) is 1.63. The Morgan fingerprint density at radius 2 is 2.22 bits per heavy atom. The van der Waals surface area contributed by atoms with Crippen molar-refractivity contribution in [3.8, 4) is 0 Å². The molecule has 0 amide bonds. The van der Waals surface area contributed by atoms with Gasteiger partial charge in [0.15, 0.2) is 0 Å². The van der Waals surface area contributed by atoms with Crippen LogP contribution in [0.5, 0.6) is 0 Å². The molecule has 0 aliphatic carbocycles. The Morgan fingerprint density at radius 3 is 2.83 bits per heavy atom. The quantitative estimate of drug-likeness (QED) is 0.598. The lowest BCUT2D eigenvalue weighted by atomic mass is 10.4. The Kier molecular flexibility index (Phi) is 6.16. The van der Waals surface area contributed by atoms with E-state index >= 15 is 0 Å². The molecule has 1 aromatic heterocycles. The maximum absolute atomic E-state index is 9.07. The maximum Gasteiger partial charge on any atom is 0.223 e. The summed E-state index contributed by atoms with van der Waals surface area (Å²) in [6.45, 7) is 4.46. The summed E-state index contributed by atoms with van der Waals surface area (Å²) in [5.74, 6) is 1.58. The summed E-state index contributed by atoms with van der Waals surface area (Å²) in [6, 6.07) is 1.81. The van der Waals surface area contributed by atoms with Gasteiger partial charge in [-0.2, -0.15) is 9.97 Å². The number of aromatic nitrogens is 2. The van der Waals surface area contributed by atoms with E-state index in [1.807, 2.05) is 17.9 Å². The third-order valence-electron chi connectivity index (χ3n) is 2.35. The molecular weight excluding hydrogens is 234 g/mol. The molecule has 18 heavy (non-hydrogen) atoms. The monoisotopic (exact) mass is 255 g/mol. The third kappa shape index (κ3) is 4.34. The van der Waals surface area contributed by atoms with Gasteiger partial charge in [-0.25, -0.2) is 0 Å². The van der Waals surface area contributed by atoms with E-state index in [4.69, 9.17) is 15.6 Å². The van der Waals surface area contributed by atoms with Crippen LogP contribution in [-0.4, -0.2) is 55.0 Å². The summed E-state index contributed by atoms with van der Waals surface area (Å²) in [5, 5.41) is 12.2. The number of hydrogen-bond acceptors (Lipinski definition) is 7. The van der Waals surface area contributed by atoms with E-state index in [0.717, 1.165) is 6.54 Å². The molecule has 0 atom stereocenters. The third-order valence-corrected chi connectivity index (χ3v) is 2.35. The fourth-order valence-corrected chi connectivity index (χ4v) is 1.55. The number of methoxy groups -OCH3 is 1. The molecule has 0 spiro atoms. The Morgan fingerprint density at radius 1 is 1.44 bits per heavy atom. The van der Waals surface area contributed by atoms with Gasteiger partial charge >= 0.3 is 0 Å². The average molecular weight is 255 g/mol. The van der Waals surface area contributed by atoms with Crippen LogP contribution in [0.2, 0.25) is 0 Å². The number of nitrogens with zero attached hydrogens (tertiary/aromatic N) is 3. The number of anilines is 3. The largest absolute Gasteiger partial charge is 0.395 e. The number of aliphatic hydroxyl groups is 1. The first kappa shape index (κ1) is 14.5. The van der Waals surface area contributed by atoms with Gasteiger partial charge in [-0.3, -0.25) is 0 Å². The van der Waals surface area contributed by atoms with Crippen LogP contribution < -0.4 is 16.0 Å². The van der Waals surface area contributed by atoms with Crippen molar-refractivity contribution >= 4 is 17.6 Å². The van der Waals surface area contributed by atoms with Crippen molar-refractivity contribution in [2.45, 2.75) is 6.92 Å². The first-order chi connectivity index (χ1) is 8.71. The van der Waals surface area contributed by atoms with Gasteiger partial charge in [0, 0.05) is 32.8 Å². The fourth-order valence-electron chi connectivity index (χ4n) is 1.55.